The van der Waals surface area contributed by atoms with E-state index in [2.05, 4.69) is 108 Å². The molecule has 0 saturated carbocycles. The monoisotopic (exact) mass is 769 g/mol. The van der Waals surface area contributed by atoms with Gasteiger partial charge in [0.2, 0.25) is 0 Å². The summed E-state index contributed by atoms with van der Waals surface area (Å²) in [5, 5.41) is 2.08. The number of anilines is 3. The predicted molar refractivity (Wildman–Crippen MR) is 243 cm³/mol. The molecule has 6 heteroatoms. The van der Waals surface area contributed by atoms with Crippen LogP contribution >= 0.6 is 0 Å². The molecule has 8 aromatic carbocycles. The maximum absolute atomic E-state index is 6.40. The van der Waals surface area contributed by atoms with Crippen molar-refractivity contribution in [1.29, 1.82) is 0 Å². The molecule has 1 aliphatic heterocycles. The molecule has 0 N–H and O–H groups in total. The lowest BCUT2D eigenvalue weighted by Crippen LogP contribution is -2.15. The smallest absolute Gasteiger partial charge is 0.160 e. The Morgan fingerprint density at radius 3 is 1.30 bits per heavy atom. The third-order valence-corrected chi connectivity index (χ3v) is 10.9. The van der Waals surface area contributed by atoms with Crippen LogP contribution in [0.2, 0.25) is 0 Å². The van der Waals surface area contributed by atoms with Crippen LogP contribution in [0.15, 0.2) is 212 Å². The van der Waals surface area contributed by atoms with Gasteiger partial charge in [0.05, 0.1) is 34.2 Å². The lowest BCUT2D eigenvalue weighted by atomic mass is 9.94. The minimum atomic E-state index is 0.650. The average Bonchev–Trinajstić information content (AvgIpc) is 3.33. The normalized spacial score (nSPS) is 11.8. The van der Waals surface area contributed by atoms with Crippen molar-refractivity contribution >= 4 is 27.8 Å². The maximum atomic E-state index is 6.40. The zero-order chi connectivity index (χ0) is 39.8. The van der Waals surface area contributed by atoms with Crippen molar-refractivity contribution in [3.63, 3.8) is 0 Å². The molecule has 0 radical (unpaired) electrons. The SMILES string of the molecule is c1ccc(-c2cc(-c3cc(-c4cc(-c5ccccc5)nc(-c5ccccc5)n4)c4cc(N5c6ccccc6Oc6ccccc65)ccc4c3)nc(-c3ccccc3)n2)cc1. The fraction of sp³-hybridized carbons (Fsp3) is 0. The molecule has 0 amide bonds. The summed E-state index contributed by atoms with van der Waals surface area (Å²) in [7, 11) is 0. The molecule has 0 spiro atoms. The van der Waals surface area contributed by atoms with Gasteiger partial charge in [-0.2, -0.15) is 0 Å². The number of rotatable bonds is 7. The van der Waals surface area contributed by atoms with E-state index in [0.29, 0.717) is 11.6 Å². The predicted octanol–water partition coefficient (Wildman–Crippen LogP) is 14.0. The molecule has 60 heavy (non-hydrogen) atoms. The van der Waals surface area contributed by atoms with Gasteiger partial charge in [-0.05, 0) is 71.4 Å². The number of aromatic nitrogens is 4. The minimum Gasteiger partial charge on any atom is -0.453 e. The summed E-state index contributed by atoms with van der Waals surface area (Å²) < 4.78 is 6.40. The maximum Gasteiger partial charge on any atom is 0.160 e. The number of fused-ring (bicyclic) bond motifs is 3. The minimum absolute atomic E-state index is 0.650. The first kappa shape index (κ1) is 35.0. The van der Waals surface area contributed by atoms with Crippen molar-refractivity contribution in [1.82, 2.24) is 19.9 Å². The van der Waals surface area contributed by atoms with Crippen molar-refractivity contribution in [3.8, 4) is 79.3 Å². The van der Waals surface area contributed by atoms with Crippen LogP contribution in [0.1, 0.15) is 0 Å². The Hall–Kier alpha value is -8.22. The van der Waals surface area contributed by atoms with E-state index in [1.165, 1.54) is 0 Å². The Kier molecular flexibility index (Phi) is 8.71. The Morgan fingerprint density at radius 2 is 0.767 bits per heavy atom. The van der Waals surface area contributed by atoms with E-state index in [0.717, 1.165) is 95.5 Å². The number of para-hydroxylation sites is 4. The van der Waals surface area contributed by atoms with Gasteiger partial charge in [0.25, 0.3) is 0 Å². The van der Waals surface area contributed by atoms with Gasteiger partial charge < -0.3 is 9.64 Å². The first-order valence-corrected chi connectivity index (χ1v) is 20.0. The van der Waals surface area contributed by atoms with Crippen molar-refractivity contribution in [3.05, 3.63) is 212 Å². The molecule has 0 aliphatic carbocycles. The van der Waals surface area contributed by atoms with Gasteiger partial charge in [0.1, 0.15) is 0 Å². The van der Waals surface area contributed by atoms with Crippen LogP contribution in [0.25, 0.3) is 78.6 Å². The van der Waals surface area contributed by atoms with Crippen LogP contribution in [0.3, 0.4) is 0 Å². The third-order valence-electron chi connectivity index (χ3n) is 10.9. The second-order valence-corrected chi connectivity index (χ2v) is 14.7. The third kappa shape index (κ3) is 6.52. The Labute approximate surface area is 347 Å². The van der Waals surface area contributed by atoms with E-state index >= 15 is 0 Å². The molecule has 6 nitrogen and oxygen atoms in total. The van der Waals surface area contributed by atoms with Crippen LogP contribution in [-0.2, 0) is 0 Å². The van der Waals surface area contributed by atoms with Crippen LogP contribution in [0.4, 0.5) is 17.1 Å². The fourth-order valence-corrected chi connectivity index (χ4v) is 7.95. The highest BCUT2D eigenvalue weighted by atomic mass is 16.5. The highest BCUT2D eigenvalue weighted by molar-refractivity contribution is 6.03. The Morgan fingerprint density at radius 1 is 0.333 bits per heavy atom. The topological polar surface area (TPSA) is 64.0 Å². The standard InChI is InChI=1S/C54H35N5O/c1-5-17-36(18-6-1)45-34-47(57-53(55-45)38-21-9-3-10-22-38)41-31-40-29-30-42(59-49-25-13-15-27-51(49)60-52-28-16-14-26-50(52)59)33-43(40)44(32-41)48-35-46(37-19-7-2-8-20-37)56-54(58-48)39-23-11-4-12-24-39/h1-35H. The molecular weight excluding hydrogens is 735 g/mol. The van der Waals surface area contributed by atoms with Gasteiger partial charge in [0.15, 0.2) is 23.1 Å². The van der Waals surface area contributed by atoms with E-state index < -0.39 is 0 Å². The molecule has 2 aromatic heterocycles. The highest BCUT2D eigenvalue weighted by Gasteiger charge is 2.26. The second kappa shape index (κ2) is 14.9. The van der Waals surface area contributed by atoms with E-state index in [1.807, 2.05) is 109 Å². The lowest BCUT2D eigenvalue weighted by Gasteiger charge is -2.33. The molecular formula is C54H35N5O. The summed E-state index contributed by atoms with van der Waals surface area (Å²) in [6, 6.07) is 72.6. The van der Waals surface area contributed by atoms with Crippen LogP contribution < -0.4 is 9.64 Å². The molecule has 0 fully saturated rings. The molecule has 3 heterocycles. The van der Waals surface area contributed by atoms with Crippen LogP contribution in [0, 0.1) is 0 Å². The van der Waals surface area contributed by atoms with Crippen molar-refractivity contribution in [2.24, 2.45) is 0 Å². The summed E-state index contributed by atoms with van der Waals surface area (Å²) in [5.41, 5.74) is 12.1. The Bertz CT molecular complexity index is 3010. The Balaban J connectivity index is 1.18. The second-order valence-electron chi connectivity index (χ2n) is 14.7. The first-order chi connectivity index (χ1) is 29.7. The fourth-order valence-electron chi connectivity index (χ4n) is 7.95. The summed E-state index contributed by atoms with van der Waals surface area (Å²) in [4.78, 5) is 23.1. The number of hydrogen-bond donors (Lipinski definition) is 0. The first-order valence-electron chi connectivity index (χ1n) is 20.0. The number of benzene rings is 8. The molecule has 0 bridgehead atoms. The van der Waals surface area contributed by atoms with Crippen LogP contribution in [-0.4, -0.2) is 19.9 Å². The highest BCUT2D eigenvalue weighted by Crippen LogP contribution is 2.51. The molecule has 11 rings (SSSR count). The largest absolute Gasteiger partial charge is 0.453 e. The van der Waals surface area contributed by atoms with E-state index in [1.54, 1.807) is 0 Å². The van der Waals surface area contributed by atoms with Gasteiger partial charge in [-0.1, -0.05) is 152 Å². The summed E-state index contributed by atoms with van der Waals surface area (Å²) in [5.74, 6) is 2.91. The molecule has 1 aliphatic rings. The van der Waals surface area contributed by atoms with Gasteiger partial charge in [-0.15, -0.1) is 0 Å². The quantitative estimate of drug-likeness (QED) is 0.161. The van der Waals surface area contributed by atoms with Crippen LogP contribution in [0.5, 0.6) is 11.5 Å². The molecule has 0 saturated heterocycles. The average molecular weight is 770 g/mol. The summed E-state index contributed by atoms with van der Waals surface area (Å²) in [6.07, 6.45) is 0. The van der Waals surface area contributed by atoms with Gasteiger partial charge in [0, 0.05) is 39.1 Å². The lowest BCUT2D eigenvalue weighted by molar-refractivity contribution is 0.477. The molecule has 0 unspecified atom stereocenters. The number of nitrogens with zero attached hydrogens (tertiary/aromatic N) is 5. The zero-order valence-electron chi connectivity index (χ0n) is 32.4. The summed E-state index contributed by atoms with van der Waals surface area (Å²) >= 11 is 0. The van der Waals surface area contributed by atoms with E-state index in [4.69, 9.17) is 24.7 Å². The molecule has 10 aromatic rings. The van der Waals surface area contributed by atoms with Gasteiger partial charge >= 0.3 is 0 Å². The van der Waals surface area contributed by atoms with Gasteiger partial charge in [-0.3, -0.25) is 0 Å². The zero-order valence-corrected chi connectivity index (χ0v) is 32.4. The van der Waals surface area contributed by atoms with E-state index in [9.17, 15) is 0 Å². The molecule has 0 atom stereocenters. The van der Waals surface area contributed by atoms with Gasteiger partial charge in [-0.25, -0.2) is 19.9 Å². The summed E-state index contributed by atoms with van der Waals surface area (Å²) in [6.45, 7) is 0. The van der Waals surface area contributed by atoms with E-state index in [-0.39, 0.29) is 0 Å². The van der Waals surface area contributed by atoms with Crippen molar-refractivity contribution in [2.45, 2.75) is 0 Å². The van der Waals surface area contributed by atoms with Crippen molar-refractivity contribution < 1.29 is 4.74 Å². The number of ether oxygens (including phenoxy) is 1. The van der Waals surface area contributed by atoms with Crippen molar-refractivity contribution in [2.75, 3.05) is 4.90 Å². The number of hydrogen-bond acceptors (Lipinski definition) is 6. The molecule has 282 valence electrons.